The second-order valence-corrected chi connectivity index (χ2v) is 15.3. The van der Waals surface area contributed by atoms with Crippen LogP contribution in [-0.2, 0) is 0 Å². The quantitative estimate of drug-likeness (QED) is 0.115. The van der Waals surface area contributed by atoms with Crippen LogP contribution < -0.4 is 16.4 Å². The molecule has 11 rings (SSSR count). The number of hydrogen-bond acceptors (Lipinski definition) is 0. The van der Waals surface area contributed by atoms with E-state index < -0.39 is 0 Å². The molecule has 4 bridgehead atoms. The average molecular weight is 903 g/mol. The van der Waals surface area contributed by atoms with Crippen LogP contribution in [0.4, 0.5) is 0 Å². The summed E-state index contributed by atoms with van der Waals surface area (Å²) >= 11 is 0. The van der Waals surface area contributed by atoms with E-state index in [0.717, 1.165) is 0 Å². The molecular formula is C49H37BN2U. The summed E-state index contributed by atoms with van der Waals surface area (Å²) in [5, 5.41) is 5.18. The number of nitrogens with zero attached hydrogens (tertiary/aromatic N) is 2. The van der Waals surface area contributed by atoms with Gasteiger partial charge in [0.2, 0.25) is 0 Å². The third-order valence-corrected chi connectivity index (χ3v) is 12.3. The molecule has 7 aromatic carbocycles. The Labute approximate surface area is 334 Å². The molecule has 2 unspecified atom stereocenters. The van der Waals surface area contributed by atoms with Gasteiger partial charge in [0.25, 0.3) is 0 Å². The van der Waals surface area contributed by atoms with Crippen LogP contribution in [0.2, 0.25) is 0 Å². The summed E-state index contributed by atoms with van der Waals surface area (Å²) in [5.74, 6) is 0.636. The van der Waals surface area contributed by atoms with E-state index in [1.807, 2.05) is 0 Å². The van der Waals surface area contributed by atoms with Crippen LogP contribution in [0.1, 0.15) is 73.3 Å². The van der Waals surface area contributed by atoms with E-state index in [-0.39, 0.29) is 49.7 Å². The first-order chi connectivity index (χ1) is 25.5. The zero-order valence-corrected chi connectivity index (χ0v) is 34.6. The van der Waals surface area contributed by atoms with Gasteiger partial charge in [-0.25, -0.2) is 0 Å². The topological polar surface area (TPSA) is 9.86 Å². The summed E-state index contributed by atoms with van der Waals surface area (Å²) in [6, 6.07) is 58.0. The SMILES string of the molecule is CC(C)c1cc2c3c(c1)C(C)c1cccc4c5ccccc5n(c14)-c1cc[c-]c(c1)B3c1[c-]ccc(c1)-n1c3ccccc3c3cccc(c31)C2C.[U+2]. The first kappa shape index (κ1) is 32.9. The number of rotatable bonds is 1. The van der Waals surface area contributed by atoms with Crippen molar-refractivity contribution in [2.24, 2.45) is 0 Å². The van der Waals surface area contributed by atoms with Gasteiger partial charge in [-0.3, -0.25) is 0 Å². The largest absolute Gasteiger partial charge is 2.00 e. The van der Waals surface area contributed by atoms with Crippen molar-refractivity contribution in [2.75, 3.05) is 0 Å². The summed E-state index contributed by atoms with van der Waals surface area (Å²) in [4.78, 5) is 0. The number of fused-ring (bicyclic) bond motifs is 14. The normalized spacial score (nSPS) is 15.9. The predicted molar refractivity (Wildman–Crippen MR) is 219 cm³/mol. The second kappa shape index (κ2) is 12.1. The maximum absolute atomic E-state index is 3.81. The minimum Gasteiger partial charge on any atom is -0.333 e. The molecular weight excluding hydrogens is 865 g/mol. The molecule has 2 nitrogen and oxygen atoms in total. The molecule has 53 heavy (non-hydrogen) atoms. The molecule has 0 saturated heterocycles. The maximum atomic E-state index is 3.81. The summed E-state index contributed by atoms with van der Waals surface area (Å²) in [7, 11) is 0. The Morgan fingerprint density at radius 3 is 1.45 bits per heavy atom. The zero-order valence-electron chi connectivity index (χ0n) is 30.4. The van der Waals surface area contributed by atoms with Crippen LogP contribution in [0.15, 0.2) is 133 Å². The molecule has 0 fully saturated rings. The van der Waals surface area contributed by atoms with Crippen molar-refractivity contribution in [1.29, 1.82) is 0 Å². The van der Waals surface area contributed by atoms with Crippen LogP contribution in [0.5, 0.6) is 0 Å². The van der Waals surface area contributed by atoms with Crippen molar-refractivity contribution in [2.45, 2.75) is 45.4 Å². The van der Waals surface area contributed by atoms with Crippen molar-refractivity contribution in [3.05, 3.63) is 173 Å². The average Bonchev–Trinajstić information content (AvgIpc) is 3.70. The second-order valence-electron chi connectivity index (χ2n) is 15.3. The Hall–Kier alpha value is -4.74. The van der Waals surface area contributed by atoms with Crippen LogP contribution in [0.25, 0.3) is 55.0 Å². The maximum Gasteiger partial charge on any atom is 2.00 e. The Morgan fingerprint density at radius 1 is 0.528 bits per heavy atom. The van der Waals surface area contributed by atoms with E-state index in [9.17, 15) is 0 Å². The van der Waals surface area contributed by atoms with Crippen LogP contribution >= 0.6 is 0 Å². The Morgan fingerprint density at radius 2 is 0.981 bits per heavy atom. The number of benzene rings is 7. The molecule has 0 N–H and O–H groups in total. The molecule has 0 spiro atoms. The van der Waals surface area contributed by atoms with Gasteiger partial charge in [0.1, 0.15) is 0 Å². The molecule has 2 aliphatic rings. The van der Waals surface area contributed by atoms with Crippen LogP contribution in [-0.4, -0.2) is 15.8 Å². The van der Waals surface area contributed by atoms with Crippen molar-refractivity contribution < 1.29 is 31.1 Å². The molecule has 2 aromatic heterocycles. The number of hydrogen-bond donors (Lipinski definition) is 0. The Kier molecular flexibility index (Phi) is 7.53. The van der Waals surface area contributed by atoms with Gasteiger partial charge in [0, 0.05) is 33.4 Å². The molecule has 250 valence electrons. The molecule has 2 aliphatic heterocycles. The zero-order chi connectivity index (χ0) is 34.8. The van der Waals surface area contributed by atoms with Crippen molar-refractivity contribution >= 4 is 66.7 Å². The van der Waals surface area contributed by atoms with E-state index in [1.54, 1.807) is 0 Å². The van der Waals surface area contributed by atoms with Gasteiger partial charge in [-0.1, -0.05) is 129 Å². The monoisotopic (exact) mass is 902 g/mol. The summed E-state index contributed by atoms with van der Waals surface area (Å²) in [5.41, 5.74) is 18.1. The van der Waals surface area contributed by atoms with Crippen molar-refractivity contribution in [1.82, 2.24) is 9.13 Å². The fourth-order valence-corrected chi connectivity index (χ4v) is 9.80. The fraction of sp³-hybridized carbons (Fsp3) is 0.143. The molecule has 9 aromatic rings. The first-order valence-corrected chi connectivity index (χ1v) is 18.7. The minimum absolute atomic E-state index is 0. The van der Waals surface area contributed by atoms with E-state index in [1.165, 1.54) is 99.2 Å². The first-order valence-electron chi connectivity index (χ1n) is 18.7. The number of aromatic nitrogens is 2. The van der Waals surface area contributed by atoms with E-state index >= 15 is 0 Å². The standard InChI is InChI=1S/C49H37BN2.U/c1-29(2)32-25-43-30(3)37-19-11-21-41-39-17-5-7-23-45(39)51(48(37)41)35-15-9-13-33(27-35)50-34-14-10-16-36(28-34)52-46-24-8-6-18-40(46)42-22-12-20-38(49(42)52)31(4)44(26-32)47(43)50;/h5-12,15-31H,1-4H3;/q-2;+2. The predicted octanol–water partition coefficient (Wildman–Crippen LogP) is 10.1. The van der Waals surface area contributed by atoms with Gasteiger partial charge in [0.15, 0.2) is 6.71 Å². The third-order valence-electron chi connectivity index (χ3n) is 12.3. The van der Waals surface area contributed by atoms with Gasteiger partial charge >= 0.3 is 31.1 Å². The Balaban J connectivity index is 0.00000349. The smallest absolute Gasteiger partial charge is 0.333 e. The molecule has 4 heteroatoms. The Bertz CT molecular complexity index is 2750. The molecule has 0 radical (unpaired) electrons. The molecule has 4 heterocycles. The van der Waals surface area contributed by atoms with Crippen molar-refractivity contribution in [3.63, 3.8) is 0 Å². The van der Waals surface area contributed by atoms with Crippen LogP contribution in [0.3, 0.4) is 0 Å². The summed E-state index contributed by atoms with van der Waals surface area (Å²) < 4.78 is 5.02. The number of para-hydroxylation sites is 4. The third kappa shape index (κ3) is 4.59. The van der Waals surface area contributed by atoms with Crippen LogP contribution in [0, 0.1) is 43.2 Å². The molecule has 0 amide bonds. The van der Waals surface area contributed by atoms with Gasteiger partial charge in [-0.05, 0) is 45.9 Å². The molecule has 0 aliphatic carbocycles. The van der Waals surface area contributed by atoms with E-state index in [2.05, 4.69) is 182 Å². The van der Waals surface area contributed by atoms with Gasteiger partial charge in [0.05, 0.1) is 22.1 Å². The van der Waals surface area contributed by atoms with Gasteiger partial charge < -0.3 is 9.13 Å². The summed E-state index contributed by atoms with van der Waals surface area (Å²) in [6.07, 6.45) is 0. The van der Waals surface area contributed by atoms with E-state index in [0.29, 0.717) is 5.92 Å². The van der Waals surface area contributed by atoms with E-state index in [4.69, 9.17) is 0 Å². The van der Waals surface area contributed by atoms with Gasteiger partial charge in [-0.15, -0.1) is 12.1 Å². The molecule has 2 atom stereocenters. The fourth-order valence-electron chi connectivity index (χ4n) is 9.80. The van der Waals surface area contributed by atoms with Gasteiger partial charge in [-0.2, -0.15) is 47.3 Å². The summed E-state index contributed by atoms with van der Waals surface area (Å²) in [6.45, 7) is 9.49. The minimum atomic E-state index is -0.0684. The van der Waals surface area contributed by atoms with Crippen molar-refractivity contribution in [3.8, 4) is 11.4 Å². The molecule has 0 saturated carbocycles.